The molecule has 0 amide bonds. The molecule has 3 nitrogen and oxygen atoms in total. The Bertz CT molecular complexity index is 287. The average Bonchev–Trinajstić information content (AvgIpc) is 2.41. The van der Waals surface area contributed by atoms with Crippen LogP contribution in [0.15, 0.2) is 0 Å². The average molecular weight is 265 g/mol. The van der Waals surface area contributed by atoms with Crippen molar-refractivity contribution in [1.29, 1.82) is 5.26 Å². The molecule has 1 N–H and O–H groups in total. The van der Waals surface area contributed by atoms with Crippen LogP contribution in [-0.4, -0.2) is 35.6 Å². The van der Waals surface area contributed by atoms with Crippen molar-refractivity contribution in [3.05, 3.63) is 0 Å². The molecule has 0 aromatic heterocycles. The van der Waals surface area contributed by atoms with Crippen molar-refractivity contribution in [3.8, 4) is 6.07 Å². The Balaban J connectivity index is 2.45. The molecule has 1 aliphatic heterocycles. The summed E-state index contributed by atoms with van der Waals surface area (Å²) in [5.41, 5.74) is -0.309. The topological polar surface area (TPSA) is 39.1 Å². The molecule has 3 heteroatoms. The molecule has 0 aromatic rings. The Morgan fingerprint density at radius 3 is 2.37 bits per heavy atom. The lowest BCUT2D eigenvalue weighted by Crippen LogP contribution is -2.46. The van der Waals surface area contributed by atoms with Crippen molar-refractivity contribution in [2.24, 2.45) is 0 Å². The third-order valence-electron chi connectivity index (χ3n) is 4.73. The van der Waals surface area contributed by atoms with E-state index in [1.54, 1.807) is 0 Å². The van der Waals surface area contributed by atoms with Crippen LogP contribution < -0.4 is 5.32 Å². The first kappa shape index (κ1) is 16.5. The summed E-state index contributed by atoms with van der Waals surface area (Å²) in [5.74, 6) is 0. The Morgan fingerprint density at radius 1 is 1.26 bits per heavy atom. The third kappa shape index (κ3) is 4.47. The summed E-state index contributed by atoms with van der Waals surface area (Å²) in [5, 5.41) is 12.8. The first-order chi connectivity index (χ1) is 9.08. The van der Waals surface area contributed by atoms with E-state index in [2.05, 4.69) is 44.0 Å². The van der Waals surface area contributed by atoms with E-state index in [0.717, 1.165) is 32.4 Å². The van der Waals surface area contributed by atoms with Crippen molar-refractivity contribution in [2.75, 3.05) is 13.1 Å². The molecule has 1 saturated heterocycles. The zero-order valence-electron chi connectivity index (χ0n) is 13.2. The fourth-order valence-electron chi connectivity index (χ4n) is 3.38. The summed E-state index contributed by atoms with van der Waals surface area (Å²) in [4.78, 5) is 2.63. The Morgan fingerprint density at radius 2 is 1.89 bits per heavy atom. The quantitative estimate of drug-likeness (QED) is 0.767. The molecule has 0 spiro atoms. The van der Waals surface area contributed by atoms with E-state index in [9.17, 15) is 5.26 Å². The van der Waals surface area contributed by atoms with Gasteiger partial charge in [-0.25, -0.2) is 0 Å². The number of nitriles is 1. The lowest BCUT2D eigenvalue weighted by atomic mass is 9.91. The largest absolute Gasteiger partial charge is 0.300 e. The number of rotatable bonds is 7. The van der Waals surface area contributed by atoms with Crippen LogP contribution in [0.4, 0.5) is 0 Å². The van der Waals surface area contributed by atoms with Gasteiger partial charge in [0.05, 0.1) is 6.07 Å². The number of likely N-dealkylation sites (tertiary alicyclic amines) is 1. The summed E-state index contributed by atoms with van der Waals surface area (Å²) >= 11 is 0. The Kier molecular flexibility index (Phi) is 6.82. The number of hydrogen-bond acceptors (Lipinski definition) is 3. The predicted octanol–water partition coefficient (Wildman–Crippen LogP) is 3.31. The van der Waals surface area contributed by atoms with Gasteiger partial charge >= 0.3 is 0 Å². The fourth-order valence-corrected chi connectivity index (χ4v) is 3.38. The minimum absolute atomic E-state index is 0.309. The zero-order chi connectivity index (χ0) is 14.3. The first-order valence-corrected chi connectivity index (χ1v) is 8.00. The van der Waals surface area contributed by atoms with Crippen LogP contribution in [0.5, 0.6) is 0 Å². The summed E-state index contributed by atoms with van der Waals surface area (Å²) in [6, 6.07) is 3.92. The van der Waals surface area contributed by atoms with Gasteiger partial charge in [0.2, 0.25) is 0 Å². The van der Waals surface area contributed by atoms with Crippen molar-refractivity contribution in [2.45, 2.75) is 83.8 Å². The fraction of sp³-hybridized carbons (Fsp3) is 0.938. The Labute approximate surface area is 119 Å². The van der Waals surface area contributed by atoms with E-state index < -0.39 is 0 Å². The molecule has 1 fully saturated rings. The van der Waals surface area contributed by atoms with Gasteiger partial charge in [0.1, 0.15) is 5.54 Å². The van der Waals surface area contributed by atoms with Gasteiger partial charge in [-0.1, -0.05) is 20.3 Å². The van der Waals surface area contributed by atoms with Crippen LogP contribution in [0.3, 0.4) is 0 Å². The summed E-state index contributed by atoms with van der Waals surface area (Å²) in [6.45, 7) is 10.9. The zero-order valence-corrected chi connectivity index (χ0v) is 13.2. The monoisotopic (exact) mass is 265 g/mol. The maximum absolute atomic E-state index is 9.42. The molecule has 19 heavy (non-hydrogen) atoms. The van der Waals surface area contributed by atoms with Gasteiger partial charge in [-0.2, -0.15) is 5.26 Å². The van der Waals surface area contributed by atoms with E-state index in [0.29, 0.717) is 12.1 Å². The van der Waals surface area contributed by atoms with E-state index in [1.165, 1.54) is 19.3 Å². The molecule has 1 unspecified atom stereocenters. The molecule has 0 aromatic carbocycles. The smallest absolute Gasteiger partial charge is 0.106 e. The minimum atomic E-state index is -0.309. The highest BCUT2D eigenvalue weighted by molar-refractivity contribution is 5.06. The van der Waals surface area contributed by atoms with E-state index >= 15 is 0 Å². The van der Waals surface area contributed by atoms with Crippen LogP contribution >= 0.6 is 0 Å². The molecular formula is C16H31N3. The van der Waals surface area contributed by atoms with Crippen LogP contribution in [0.1, 0.15) is 66.2 Å². The second-order valence-electron chi connectivity index (χ2n) is 6.05. The molecule has 1 heterocycles. The van der Waals surface area contributed by atoms with Crippen molar-refractivity contribution in [3.63, 3.8) is 0 Å². The Hall–Kier alpha value is -0.590. The highest BCUT2D eigenvalue weighted by Crippen LogP contribution is 2.24. The highest BCUT2D eigenvalue weighted by atomic mass is 15.2. The predicted molar refractivity (Wildman–Crippen MR) is 81.0 cm³/mol. The number of nitrogens with zero attached hydrogens (tertiary/aromatic N) is 2. The van der Waals surface area contributed by atoms with Gasteiger partial charge in [0.25, 0.3) is 0 Å². The first-order valence-electron chi connectivity index (χ1n) is 8.00. The highest BCUT2D eigenvalue weighted by Gasteiger charge is 2.28. The van der Waals surface area contributed by atoms with Gasteiger partial charge in [-0.15, -0.1) is 0 Å². The van der Waals surface area contributed by atoms with Crippen LogP contribution in [0, 0.1) is 11.3 Å². The van der Waals surface area contributed by atoms with E-state index in [4.69, 9.17) is 0 Å². The van der Waals surface area contributed by atoms with Crippen LogP contribution in [0.2, 0.25) is 0 Å². The summed E-state index contributed by atoms with van der Waals surface area (Å²) in [6.07, 6.45) is 6.99. The molecule has 1 rings (SSSR count). The summed E-state index contributed by atoms with van der Waals surface area (Å²) in [7, 11) is 0. The molecule has 1 aliphatic rings. The van der Waals surface area contributed by atoms with Crippen molar-refractivity contribution < 1.29 is 0 Å². The van der Waals surface area contributed by atoms with Gasteiger partial charge < -0.3 is 0 Å². The maximum atomic E-state index is 9.42. The van der Waals surface area contributed by atoms with E-state index in [-0.39, 0.29) is 5.54 Å². The number of piperidine rings is 1. The summed E-state index contributed by atoms with van der Waals surface area (Å²) < 4.78 is 0. The molecule has 3 atom stereocenters. The molecule has 0 saturated carbocycles. The molecular weight excluding hydrogens is 234 g/mol. The second kappa shape index (κ2) is 7.87. The van der Waals surface area contributed by atoms with Crippen molar-refractivity contribution in [1.82, 2.24) is 10.2 Å². The van der Waals surface area contributed by atoms with E-state index in [1.807, 2.05) is 0 Å². The number of hydrogen-bond donors (Lipinski definition) is 1. The molecule has 0 aliphatic carbocycles. The SMILES string of the molecule is CCNC(C#N)(CC)CCCN1[C@H](C)CCC[C@@H]1C. The normalized spacial score (nSPS) is 27.7. The lowest BCUT2D eigenvalue weighted by Gasteiger charge is -2.39. The van der Waals surface area contributed by atoms with Gasteiger partial charge in [0, 0.05) is 12.1 Å². The molecule has 110 valence electrons. The van der Waals surface area contributed by atoms with Gasteiger partial charge in [-0.3, -0.25) is 10.2 Å². The minimum Gasteiger partial charge on any atom is -0.300 e. The number of nitrogens with one attached hydrogen (secondary N) is 1. The van der Waals surface area contributed by atoms with Crippen LogP contribution in [0.25, 0.3) is 0 Å². The van der Waals surface area contributed by atoms with Crippen LogP contribution in [-0.2, 0) is 0 Å². The molecule has 0 bridgehead atoms. The second-order valence-corrected chi connectivity index (χ2v) is 6.05. The van der Waals surface area contributed by atoms with Gasteiger partial charge in [0.15, 0.2) is 0 Å². The van der Waals surface area contributed by atoms with Crippen molar-refractivity contribution >= 4 is 0 Å². The third-order valence-corrected chi connectivity index (χ3v) is 4.73. The maximum Gasteiger partial charge on any atom is 0.106 e. The molecule has 0 radical (unpaired) electrons. The lowest BCUT2D eigenvalue weighted by molar-refractivity contribution is 0.0988. The van der Waals surface area contributed by atoms with Gasteiger partial charge in [-0.05, 0) is 59.0 Å². The standard InChI is InChI=1S/C16H31N3/c1-5-16(13-17,18-6-2)11-8-12-19-14(3)9-7-10-15(19)4/h14-15,18H,5-12H2,1-4H3/t14-,15+,16?.